The van der Waals surface area contributed by atoms with Crippen LogP contribution in [0.25, 0.3) is 5.65 Å². The number of thioether (sulfide) groups is 1. The molecule has 116 valence electrons. The summed E-state index contributed by atoms with van der Waals surface area (Å²) in [6.07, 6.45) is -0.950. The molecule has 3 heterocycles. The van der Waals surface area contributed by atoms with Gasteiger partial charge in [-0.1, -0.05) is 17.8 Å². The van der Waals surface area contributed by atoms with Crippen molar-refractivity contribution in [3.05, 3.63) is 41.6 Å². The van der Waals surface area contributed by atoms with Crippen LogP contribution in [0.1, 0.15) is 17.1 Å². The summed E-state index contributed by atoms with van der Waals surface area (Å²) >= 11 is 1.05. The number of nitrogens with zero attached hydrogens (tertiary/aromatic N) is 5. The molecular weight excluding hydrogens is 317 g/mol. The fraction of sp³-hybridized carbons (Fsp3) is 0.250. The Morgan fingerprint density at radius 1 is 1.32 bits per heavy atom. The lowest BCUT2D eigenvalue weighted by atomic mass is 10.3. The molecule has 2 N–H and O–H groups in total. The van der Waals surface area contributed by atoms with Crippen molar-refractivity contribution in [1.29, 1.82) is 0 Å². The first-order chi connectivity index (χ1) is 10.4. The molecule has 0 atom stereocenters. The van der Waals surface area contributed by atoms with Crippen molar-refractivity contribution in [1.82, 2.24) is 24.3 Å². The molecular formula is C12H11F3N6S. The van der Waals surface area contributed by atoms with Crippen LogP contribution in [-0.4, -0.2) is 24.3 Å². The van der Waals surface area contributed by atoms with Gasteiger partial charge in [-0.05, 0) is 18.6 Å². The van der Waals surface area contributed by atoms with Crippen LogP contribution in [0.3, 0.4) is 0 Å². The lowest BCUT2D eigenvalue weighted by Crippen LogP contribution is -2.21. The van der Waals surface area contributed by atoms with Crippen molar-refractivity contribution in [3.8, 4) is 0 Å². The van der Waals surface area contributed by atoms with Gasteiger partial charge in [-0.15, -0.1) is 10.2 Å². The number of aromatic nitrogens is 5. The summed E-state index contributed by atoms with van der Waals surface area (Å²) in [7, 11) is 0. The van der Waals surface area contributed by atoms with E-state index in [0.29, 0.717) is 10.4 Å². The average Bonchev–Trinajstić information content (AvgIpc) is 3.00. The molecule has 0 unspecified atom stereocenters. The molecule has 0 aromatic carbocycles. The second kappa shape index (κ2) is 5.20. The Morgan fingerprint density at radius 3 is 2.73 bits per heavy atom. The molecule has 0 bridgehead atoms. The second-order valence-electron chi connectivity index (χ2n) is 4.62. The normalized spacial score (nSPS) is 12.2. The van der Waals surface area contributed by atoms with Crippen LogP contribution < -0.4 is 5.84 Å². The van der Waals surface area contributed by atoms with Gasteiger partial charge in [-0.25, -0.2) is 9.66 Å². The van der Waals surface area contributed by atoms with E-state index < -0.39 is 12.0 Å². The summed E-state index contributed by atoms with van der Waals surface area (Å²) in [5, 5.41) is 6.52. The molecule has 0 aliphatic rings. The Balaban J connectivity index is 1.80. The van der Waals surface area contributed by atoms with Gasteiger partial charge in [0, 0.05) is 18.1 Å². The highest BCUT2D eigenvalue weighted by atomic mass is 32.2. The number of nitrogens with two attached hydrogens (primary N) is 1. The Kier molecular flexibility index (Phi) is 3.47. The van der Waals surface area contributed by atoms with Gasteiger partial charge < -0.3 is 10.2 Å². The van der Waals surface area contributed by atoms with E-state index >= 15 is 0 Å². The third-order valence-corrected chi connectivity index (χ3v) is 3.97. The largest absolute Gasteiger partial charge is 0.453 e. The highest BCUT2D eigenvalue weighted by molar-refractivity contribution is 7.98. The zero-order chi connectivity index (χ0) is 15.9. The topological polar surface area (TPSA) is 74.0 Å². The molecule has 0 radical (unpaired) electrons. The number of rotatable bonds is 3. The number of alkyl halides is 3. The van der Waals surface area contributed by atoms with Gasteiger partial charge in [-0.2, -0.15) is 13.2 Å². The van der Waals surface area contributed by atoms with E-state index in [1.807, 2.05) is 35.9 Å². The van der Waals surface area contributed by atoms with E-state index in [-0.39, 0.29) is 5.16 Å². The van der Waals surface area contributed by atoms with Crippen molar-refractivity contribution in [2.75, 3.05) is 5.84 Å². The lowest BCUT2D eigenvalue weighted by molar-refractivity contribution is -0.146. The predicted molar refractivity (Wildman–Crippen MR) is 74.7 cm³/mol. The zero-order valence-electron chi connectivity index (χ0n) is 11.4. The summed E-state index contributed by atoms with van der Waals surface area (Å²) in [4.78, 5) is 4.43. The molecule has 10 heteroatoms. The first-order valence-electron chi connectivity index (χ1n) is 6.20. The van der Waals surface area contributed by atoms with Crippen LogP contribution in [0.4, 0.5) is 13.2 Å². The minimum Gasteiger partial charge on any atom is -0.335 e. The van der Waals surface area contributed by atoms with E-state index in [1.165, 1.54) is 0 Å². The number of nitrogen functional groups attached to an aromatic ring is 1. The van der Waals surface area contributed by atoms with Gasteiger partial charge in [0.15, 0.2) is 0 Å². The maximum absolute atomic E-state index is 12.6. The second-order valence-corrected chi connectivity index (χ2v) is 5.56. The third kappa shape index (κ3) is 2.61. The molecule has 0 spiro atoms. The zero-order valence-corrected chi connectivity index (χ0v) is 12.2. The summed E-state index contributed by atoms with van der Waals surface area (Å²) in [5.41, 5.74) is 2.54. The predicted octanol–water partition coefficient (Wildman–Crippen LogP) is 2.26. The van der Waals surface area contributed by atoms with Crippen LogP contribution in [0, 0.1) is 6.92 Å². The van der Waals surface area contributed by atoms with Gasteiger partial charge in [-0.3, -0.25) is 0 Å². The Labute approximate surface area is 127 Å². The molecule has 3 aromatic heterocycles. The summed E-state index contributed by atoms with van der Waals surface area (Å²) in [6, 6.07) is 3.83. The fourth-order valence-corrected chi connectivity index (χ4v) is 2.72. The van der Waals surface area contributed by atoms with Crippen LogP contribution in [0.15, 0.2) is 29.7 Å². The Hall–Kier alpha value is -2.23. The Bertz CT molecular complexity index is 822. The van der Waals surface area contributed by atoms with Crippen LogP contribution in [0.2, 0.25) is 0 Å². The maximum atomic E-state index is 12.6. The lowest BCUT2D eigenvalue weighted by Gasteiger charge is -2.05. The number of aryl methyl sites for hydroxylation is 1. The highest BCUT2D eigenvalue weighted by Gasteiger charge is 2.38. The van der Waals surface area contributed by atoms with Crippen molar-refractivity contribution < 1.29 is 13.2 Å². The smallest absolute Gasteiger partial charge is 0.335 e. The number of halogens is 3. The maximum Gasteiger partial charge on any atom is 0.453 e. The van der Waals surface area contributed by atoms with Crippen molar-refractivity contribution >= 4 is 17.4 Å². The number of hydrogen-bond donors (Lipinski definition) is 1. The van der Waals surface area contributed by atoms with E-state index in [9.17, 15) is 13.2 Å². The number of hydrogen-bond acceptors (Lipinski definition) is 5. The summed E-state index contributed by atoms with van der Waals surface area (Å²) < 4.78 is 40.1. The average molecular weight is 328 g/mol. The Morgan fingerprint density at radius 2 is 2.09 bits per heavy atom. The first-order valence-corrected chi connectivity index (χ1v) is 7.18. The SMILES string of the molecule is Cc1cccn2cc(CSc3nnc(C(F)(F)F)n3N)nc12. The van der Waals surface area contributed by atoms with Crippen LogP contribution in [0.5, 0.6) is 0 Å². The molecule has 0 saturated heterocycles. The molecule has 22 heavy (non-hydrogen) atoms. The first kappa shape index (κ1) is 14.7. The van der Waals surface area contributed by atoms with Crippen molar-refractivity contribution in [2.45, 2.75) is 24.0 Å². The molecule has 0 amide bonds. The number of fused-ring (bicyclic) bond motifs is 1. The van der Waals surface area contributed by atoms with E-state index in [1.54, 1.807) is 0 Å². The third-order valence-electron chi connectivity index (χ3n) is 3.00. The van der Waals surface area contributed by atoms with Crippen molar-refractivity contribution in [3.63, 3.8) is 0 Å². The molecule has 0 saturated carbocycles. The van der Waals surface area contributed by atoms with Crippen LogP contribution >= 0.6 is 11.8 Å². The standard InChI is InChI=1S/C12H11F3N6S/c1-7-3-2-4-20-5-8(17-9(7)20)6-22-11-19-18-10(21(11)16)12(13,14)15/h2-5H,6,16H2,1H3. The van der Waals surface area contributed by atoms with Crippen LogP contribution in [-0.2, 0) is 11.9 Å². The van der Waals surface area contributed by atoms with Gasteiger partial charge in [0.2, 0.25) is 5.16 Å². The monoisotopic (exact) mass is 328 g/mol. The summed E-state index contributed by atoms with van der Waals surface area (Å²) in [6.45, 7) is 1.94. The van der Waals surface area contributed by atoms with Gasteiger partial charge in [0.1, 0.15) is 5.65 Å². The minimum absolute atomic E-state index is 0.0129. The summed E-state index contributed by atoms with van der Waals surface area (Å²) in [5.74, 6) is 4.50. The fourth-order valence-electron chi connectivity index (χ4n) is 1.98. The number of imidazole rings is 1. The van der Waals surface area contributed by atoms with Gasteiger partial charge in [0.25, 0.3) is 5.82 Å². The van der Waals surface area contributed by atoms with Crippen molar-refractivity contribution in [2.24, 2.45) is 0 Å². The molecule has 0 aliphatic carbocycles. The molecule has 0 fully saturated rings. The van der Waals surface area contributed by atoms with E-state index in [0.717, 1.165) is 28.7 Å². The van der Waals surface area contributed by atoms with E-state index in [2.05, 4.69) is 15.2 Å². The minimum atomic E-state index is -4.62. The molecule has 3 aromatic rings. The van der Waals surface area contributed by atoms with Gasteiger partial charge >= 0.3 is 6.18 Å². The quantitative estimate of drug-likeness (QED) is 0.590. The number of pyridine rings is 1. The molecule has 6 nitrogen and oxygen atoms in total. The molecule has 3 rings (SSSR count). The highest BCUT2D eigenvalue weighted by Crippen LogP contribution is 2.29. The van der Waals surface area contributed by atoms with Gasteiger partial charge in [0.05, 0.1) is 5.69 Å². The van der Waals surface area contributed by atoms with E-state index in [4.69, 9.17) is 5.84 Å². The molecule has 0 aliphatic heterocycles.